The Kier molecular flexibility index (Phi) is 6.35. The highest BCUT2D eigenvalue weighted by molar-refractivity contribution is 5.81. The van der Waals surface area contributed by atoms with Gasteiger partial charge in [0.15, 0.2) is 0 Å². The average molecular weight is 425 g/mol. The molecule has 2 fully saturated rings. The lowest BCUT2D eigenvalue weighted by atomic mass is 9.72. The first-order valence-corrected chi connectivity index (χ1v) is 11.2. The van der Waals surface area contributed by atoms with Crippen molar-refractivity contribution >= 4 is 12.0 Å². The van der Waals surface area contributed by atoms with Crippen molar-refractivity contribution in [3.8, 4) is 0 Å². The predicted molar refractivity (Wildman–Crippen MR) is 124 cm³/mol. The van der Waals surface area contributed by atoms with Gasteiger partial charge in [-0.1, -0.05) is 35.9 Å². The number of aryl methyl sites for hydroxylation is 2. The fourth-order valence-electron chi connectivity index (χ4n) is 5.33. The molecular weight excluding hydrogens is 388 g/mol. The van der Waals surface area contributed by atoms with Crippen LogP contribution in [0.3, 0.4) is 0 Å². The van der Waals surface area contributed by atoms with Gasteiger partial charge < -0.3 is 9.64 Å². The number of benzene rings is 1. The molecule has 0 N–H and O–H groups in total. The van der Waals surface area contributed by atoms with E-state index in [2.05, 4.69) is 45.2 Å². The molecule has 1 aromatic carbocycles. The second kappa shape index (κ2) is 8.52. The van der Waals surface area contributed by atoms with Gasteiger partial charge in [0.2, 0.25) is 5.91 Å². The van der Waals surface area contributed by atoms with Crippen LogP contribution in [-0.2, 0) is 15.1 Å². The number of hydrogen-bond donors (Lipinski definition) is 0. The molecule has 168 valence electrons. The second-order valence-electron chi connectivity index (χ2n) is 9.86. The van der Waals surface area contributed by atoms with E-state index in [1.807, 2.05) is 42.7 Å². The first-order valence-electron chi connectivity index (χ1n) is 11.2. The quantitative estimate of drug-likeness (QED) is 0.606. The number of ether oxygens (including phenoxy) is 1. The Morgan fingerprint density at radius 2 is 1.97 bits per heavy atom. The third kappa shape index (κ3) is 4.15. The maximum Gasteiger partial charge on any atom is 0.411 e. The summed E-state index contributed by atoms with van der Waals surface area (Å²) in [5.41, 5.74) is 1.92. The van der Waals surface area contributed by atoms with Gasteiger partial charge in [-0.2, -0.15) is 0 Å². The first-order chi connectivity index (χ1) is 14.5. The monoisotopic (exact) mass is 424 g/mol. The zero-order valence-corrected chi connectivity index (χ0v) is 19.6. The molecule has 2 heterocycles. The van der Waals surface area contributed by atoms with Crippen LogP contribution in [-0.4, -0.2) is 46.0 Å². The topological polar surface area (TPSA) is 49.9 Å². The molecule has 2 amide bonds. The molecule has 5 nitrogen and oxygen atoms in total. The van der Waals surface area contributed by atoms with Gasteiger partial charge in [0, 0.05) is 13.0 Å². The summed E-state index contributed by atoms with van der Waals surface area (Å²) in [5, 5.41) is 0. The van der Waals surface area contributed by atoms with Crippen molar-refractivity contribution in [1.82, 2.24) is 9.80 Å². The zero-order chi connectivity index (χ0) is 23.0. The molecule has 2 aliphatic rings. The smallest absolute Gasteiger partial charge is 0.411 e. The van der Waals surface area contributed by atoms with E-state index >= 15 is 0 Å². The van der Waals surface area contributed by atoms with Gasteiger partial charge in [-0.05, 0) is 65.0 Å². The van der Waals surface area contributed by atoms with Crippen LogP contribution in [0.1, 0.15) is 63.1 Å². The molecule has 0 bridgehead atoms. The zero-order valence-electron chi connectivity index (χ0n) is 19.6. The second-order valence-corrected chi connectivity index (χ2v) is 9.86. The molecule has 0 aliphatic carbocycles. The number of nitrogens with zero attached hydrogens (tertiary/aromatic N) is 2. The number of piperazine rings is 1. The van der Waals surface area contributed by atoms with Crippen molar-refractivity contribution in [2.45, 2.75) is 83.5 Å². The minimum Gasteiger partial charge on any atom is -0.444 e. The third-order valence-corrected chi connectivity index (χ3v) is 6.43. The van der Waals surface area contributed by atoms with E-state index in [1.165, 1.54) is 0 Å². The van der Waals surface area contributed by atoms with Gasteiger partial charge >= 0.3 is 6.09 Å². The van der Waals surface area contributed by atoms with E-state index in [-0.39, 0.29) is 24.1 Å². The Morgan fingerprint density at radius 1 is 1.26 bits per heavy atom. The van der Waals surface area contributed by atoms with Crippen LogP contribution in [0.5, 0.6) is 0 Å². The van der Waals surface area contributed by atoms with Crippen molar-refractivity contribution in [3.63, 3.8) is 0 Å². The summed E-state index contributed by atoms with van der Waals surface area (Å²) < 4.78 is 5.94. The maximum atomic E-state index is 13.8. The van der Waals surface area contributed by atoms with E-state index in [4.69, 9.17) is 4.74 Å². The molecule has 3 unspecified atom stereocenters. The van der Waals surface area contributed by atoms with Crippen LogP contribution < -0.4 is 0 Å². The lowest BCUT2D eigenvalue weighted by molar-refractivity contribution is -0.140. The summed E-state index contributed by atoms with van der Waals surface area (Å²) in [6.07, 6.45) is 5.68. The van der Waals surface area contributed by atoms with Crippen molar-refractivity contribution < 1.29 is 14.3 Å². The van der Waals surface area contributed by atoms with Gasteiger partial charge in [-0.3, -0.25) is 9.69 Å². The van der Waals surface area contributed by atoms with Crippen LogP contribution in [0, 0.1) is 13.8 Å². The van der Waals surface area contributed by atoms with Crippen LogP contribution in [0.2, 0.25) is 0 Å². The Hall–Kier alpha value is -2.56. The third-order valence-electron chi connectivity index (χ3n) is 6.43. The van der Waals surface area contributed by atoms with Gasteiger partial charge in [-0.25, -0.2) is 4.79 Å². The summed E-state index contributed by atoms with van der Waals surface area (Å²) in [6.45, 7) is 18.3. The lowest BCUT2D eigenvalue weighted by Crippen LogP contribution is -2.70. The van der Waals surface area contributed by atoms with Crippen molar-refractivity contribution in [3.05, 3.63) is 60.2 Å². The fourth-order valence-corrected chi connectivity index (χ4v) is 5.33. The van der Waals surface area contributed by atoms with Crippen LogP contribution in [0.15, 0.2) is 43.5 Å². The molecule has 0 radical (unpaired) electrons. The Bertz CT molecular complexity index is 885. The number of carbonyl (C=O) groups is 2. The van der Waals surface area contributed by atoms with E-state index in [0.29, 0.717) is 32.2 Å². The highest BCUT2D eigenvalue weighted by Crippen LogP contribution is 2.49. The number of amides is 2. The molecule has 0 spiro atoms. The van der Waals surface area contributed by atoms with E-state index in [1.54, 1.807) is 0 Å². The molecule has 2 aliphatic heterocycles. The highest BCUT2D eigenvalue weighted by Gasteiger charge is 2.59. The molecule has 3 rings (SSSR count). The van der Waals surface area contributed by atoms with Crippen molar-refractivity contribution in [2.75, 3.05) is 6.54 Å². The number of rotatable bonds is 5. The summed E-state index contributed by atoms with van der Waals surface area (Å²) in [5.74, 6) is 0.154. The van der Waals surface area contributed by atoms with Gasteiger partial charge in [0.1, 0.15) is 5.60 Å². The SMILES string of the molecule is C=CCC1CN2C(=O)CCC2C(CC=C)(c2cc(C)ccc2C)N1C(=O)OC(C)(C)C. The number of fused-ring (bicyclic) bond motifs is 1. The largest absolute Gasteiger partial charge is 0.444 e. The molecule has 31 heavy (non-hydrogen) atoms. The summed E-state index contributed by atoms with van der Waals surface area (Å²) >= 11 is 0. The van der Waals surface area contributed by atoms with Crippen LogP contribution in [0.25, 0.3) is 0 Å². The Morgan fingerprint density at radius 3 is 2.58 bits per heavy atom. The van der Waals surface area contributed by atoms with Gasteiger partial charge in [0.05, 0.1) is 17.6 Å². The Balaban J connectivity index is 2.30. The maximum absolute atomic E-state index is 13.8. The number of hydrogen-bond acceptors (Lipinski definition) is 3. The van der Waals surface area contributed by atoms with Crippen LogP contribution in [0.4, 0.5) is 4.79 Å². The fraction of sp³-hybridized carbons (Fsp3) is 0.538. The number of carbonyl (C=O) groups excluding carboxylic acids is 2. The first kappa shape index (κ1) is 23.1. The molecule has 2 saturated heterocycles. The van der Waals surface area contributed by atoms with E-state index in [0.717, 1.165) is 16.7 Å². The minimum absolute atomic E-state index is 0.118. The average Bonchev–Trinajstić information content (AvgIpc) is 3.04. The van der Waals surface area contributed by atoms with Crippen LogP contribution >= 0.6 is 0 Å². The van der Waals surface area contributed by atoms with Crippen molar-refractivity contribution in [2.24, 2.45) is 0 Å². The molecule has 0 saturated carbocycles. The summed E-state index contributed by atoms with van der Waals surface area (Å²) in [6, 6.07) is 6.01. The molecule has 0 aromatic heterocycles. The van der Waals surface area contributed by atoms with E-state index in [9.17, 15) is 9.59 Å². The standard InChI is InChI=1S/C26H36N2O3/c1-8-10-20-17-27-22(13-14-23(27)29)26(15-9-2,21-16-18(3)11-12-19(21)4)28(20)24(30)31-25(5,6)7/h8-9,11-12,16,20,22H,1-2,10,13-15,17H2,3-7H3. The molecule has 3 atom stereocenters. The molecular formula is C26H36N2O3. The minimum atomic E-state index is -0.738. The summed E-state index contributed by atoms with van der Waals surface area (Å²) in [4.78, 5) is 30.5. The normalized spacial score (nSPS) is 25.9. The van der Waals surface area contributed by atoms with E-state index < -0.39 is 11.1 Å². The van der Waals surface area contributed by atoms with Gasteiger partial charge in [0.25, 0.3) is 0 Å². The molecule has 5 heteroatoms. The molecule has 1 aromatic rings. The lowest BCUT2D eigenvalue weighted by Gasteiger charge is -2.57. The highest BCUT2D eigenvalue weighted by atomic mass is 16.6. The Labute approximate surface area is 186 Å². The predicted octanol–water partition coefficient (Wildman–Crippen LogP) is 5.26. The van der Waals surface area contributed by atoms with Gasteiger partial charge in [-0.15, -0.1) is 13.2 Å². The summed E-state index contributed by atoms with van der Waals surface area (Å²) in [7, 11) is 0. The van der Waals surface area contributed by atoms with Crippen molar-refractivity contribution in [1.29, 1.82) is 0 Å².